The zero-order valence-electron chi connectivity index (χ0n) is 23.3. The summed E-state index contributed by atoms with van der Waals surface area (Å²) in [6.45, 7) is 2.98. The summed E-state index contributed by atoms with van der Waals surface area (Å²) in [6.07, 6.45) is 2.26. The normalized spacial score (nSPS) is 22.1. The highest BCUT2D eigenvalue weighted by atomic mass is 32.2. The summed E-state index contributed by atoms with van der Waals surface area (Å²) in [6, 6.07) is 9.67. The third-order valence-electron chi connectivity index (χ3n) is 7.41. The lowest BCUT2D eigenvalue weighted by Gasteiger charge is -2.35. The van der Waals surface area contributed by atoms with Crippen molar-refractivity contribution in [1.82, 2.24) is 9.21 Å². The number of amides is 2. The first-order chi connectivity index (χ1) is 19.0. The predicted molar refractivity (Wildman–Crippen MR) is 151 cm³/mol. The number of likely N-dealkylation sites (N-methyl/N-ethyl adjacent to an activating group) is 1. The topological polar surface area (TPSA) is 129 Å². The van der Waals surface area contributed by atoms with Crippen molar-refractivity contribution in [2.24, 2.45) is 0 Å². The Balaban J connectivity index is 1.64. The molecule has 1 aliphatic heterocycles. The molecule has 2 amide bonds. The molecule has 0 radical (unpaired) electrons. The van der Waals surface area contributed by atoms with Crippen molar-refractivity contribution in [1.29, 1.82) is 0 Å². The quantitative estimate of drug-likeness (QED) is 0.455. The SMILES string of the molecule is COc1cccc(NC(=O)N(C)C[C@@H]2Oc3cc(C#CC4(O)CCCC4)ccc3S(=O)(=O)N([C@@H](C)CO)[C@@H]2C)c1. The number of aliphatic hydroxyl groups excluding tert-OH is 1. The van der Waals surface area contributed by atoms with E-state index >= 15 is 0 Å². The van der Waals surface area contributed by atoms with Gasteiger partial charge in [0.25, 0.3) is 0 Å². The number of nitrogens with zero attached hydrogens (tertiary/aromatic N) is 2. The lowest BCUT2D eigenvalue weighted by Crippen LogP contribution is -2.54. The van der Waals surface area contributed by atoms with E-state index in [9.17, 15) is 23.4 Å². The Bertz CT molecular complexity index is 1400. The number of anilines is 1. The second-order valence-electron chi connectivity index (χ2n) is 10.5. The zero-order chi connectivity index (χ0) is 29.1. The standard InChI is InChI=1S/C29H37N3O7S/c1-20(19-33)32-21(2)26(18-31(3)28(34)30-23-8-7-9-24(17-23)38-4)39-25-16-22(10-11-27(25)40(32,36)37)12-15-29(35)13-5-6-14-29/h7-11,16-17,20-21,26,33,35H,5-6,13-14,18-19H2,1-4H3,(H,30,34)/t20-,21+,26-/m0/s1. The highest BCUT2D eigenvalue weighted by molar-refractivity contribution is 7.89. The lowest BCUT2D eigenvalue weighted by molar-refractivity contribution is 0.0761. The fourth-order valence-corrected chi connectivity index (χ4v) is 7.05. The number of rotatable bonds is 6. The molecule has 1 fully saturated rings. The molecule has 2 aromatic rings. The van der Waals surface area contributed by atoms with E-state index in [1.54, 1.807) is 57.3 Å². The Labute approximate surface area is 235 Å². The summed E-state index contributed by atoms with van der Waals surface area (Å²) >= 11 is 0. The molecule has 0 spiro atoms. The highest BCUT2D eigenvalue weighted by Crippen LogP contribution is 2.36. The van der Waals surface area contributed by atoms with Gasteiger partial charge in [0, 0.05) is 30.4 Å². The van der Waals surface area contributed by atoms with Crippen LogP contribution in [0.1, 0.15) is 45.1 Å². The molecule has 0 saturated heterocycles. The summed E-state index contributed by atoms with van der Waals surface area (Å²) < 4.78 is 40.3. The molecular weight excluding hydrogens is 534 g/mol. The number of carbonyl (C=O) groups is 1. The maximum atomic E-state index is 13.8. The third kappa shape index (κ3) is 6.36. The Morgan fingerprint density at radius 2 is 2.00 bits per heavy atom. The zero-order valence-corrected chi connectivity index (χ0v) is 24.1. The van der Waals surface area contributed by atoms with Gasteiger partial charge >= 0.3 is 6.03 Å². The van der Waals surface area contributed by atoms with Crippen molar-refractivity contribution < 1.29 is 32.9 Å². The molecule has 216 valence electrons. The van der Waals surface area contributed by atoms with Gasteiger partial charge in [-0.3, -0.25) is 0 Å². The van der Waals surface area contributed by atoms with Gasteiger partial charge in [-0.25, -0.2) is 13.2 Å². The summed E-state index contributed by atoms with van der Waals surface area (Å²) in [5.74, 6) is 6.62. The largest absolute Gasteiger partial charge is 0.497 e. The van der Waals surface area contributed by atoms with Crippen LogP contribution in [0.5, 0.6) is 11.5 Å². The van der Waals surface area contributed by atoms with Crippen LogP contribution in [-0.2, 0) is 10.0 Å². The second-order valence-corrected chi connectivity index (χ2v) is 12.3. The number of hydrogen-bond acceptors (Lipinski definition) is 7. The molecule has 11 heteroatoms. The van der Waals surface area contributed by atoms with Crippen molar-refractivity contribution in [3.63, 3.8) is 0 Å². The maximum absolute atomic E-state index is 13.8. The van der Waals surface area contributed by atoms with Crippen molar-refractivity contribution in [3.8, 4) is 23.3 Å². The third-order valence-corrected chi connectivity index (χ3v) is 9.55. The molecule has 10 nitrogen and oxygen atoms in total. The number of ether oxygens (including phenoxy) is 2. The van der Waals surface area contributed by atoms with E-state index in [0.717, 1.165) is 12.8 Å². The van der Waals surface area contributed by atoms with Crippen LogP contribution in [0.25, 0.3) is 0 Å². The van der Waals surface area contributed by atoms with Crippen LogP contribution in [0.3, 0.4) is 0 Å². The predicted octanol–water partition coefficient (Wildman–Crippen LogP) is 3.04. The van der Waals surface area contributed by atoms with E-state index in [2.05, 4.69) is 17.2 Å². The minimum atomic E-state index is -4.07. The summed E-state index contributed by atoms with van der Waals surface area (Å²) in [4.78, 5) is 14.4. The molecule has 4 rings (SSSR count). The summed E-state index contributed by atoms with van der Waals surface area (Å²) in [5, 5.41) is 23.3. The van der Waals surface area contributed by atoms with Crippen LogP contribution >= 0.6 is 0 Å². The molecule has 2 aromatic carbocycles. The van der Waals surface area contributed by atoms with E-state index in [1.165, 1.54) is 22.4 Å². The van der Waals surface area contributed by atoms with Gasteiger partial charge in [-0.1, -0.05) is 17.9 Å². The van der Waals surface area contributed by atoms with Crippen LogP contribution in [0.2, 0.25) is 0 Å². The number of fused-ring (bicyclic) bond motifs is 1. The molecular formula is C29H37N3O7S. The first-order valence-electron chi connectivity index (χ1n) is 13.3. The fraction of sp³-hybridized carbons (Fsp3) is 0.483. The van der Waals surface area contributed by atoms with Crippen LogP contribution in [0.15, 0.2) is 47.4 Å². The molecule has 3 atom stereocenters. The molecule has 0 unspecified atom stereocenters. The van der Waals surface area contributed by atoms with Crippen LogP contribution < -0.4 is 14.8 Å². The minimum absolute atomic E-state index is 0.0456. The number of urea groups is 1. The van der Waals surface area contributed by atoms with Gasteiger partial charge in [-0.15, -0.1) is 0 Å². The second kappa shape index (κ2) is 12.1. The molecule has 1 heterocycles. The van der Waals surface area contributed by atoms with Gasteiger partial charge in [-0.05, 0) is 69.9 Å². The number of hydrogen-bond donors (Lipinski definition) is 3. The number of carbonyl (C=O) groups excluding carboxylic acids is 1. The van der Waals surface area contributed by atoms with Gasteiger partial charge in [0.05, 0.1) is 26.3 Å². The lowest BCUT2D eigenvalue weighted by atomic mass is 10.0. The molecule has 1 aliphatic carbocycles. The molecule has 3 N–H and O–H groups in total. The first kappa shape index (κ1) is 29.7. The fourth-order valence-electron chi connectivity index (χ4n) is 5.10. The average Bonchev–Trinajstić information content (AvgIpc) is 3.34. The first-order valence-corrected chi connectivity index (χ1v) is 14.8. The Hall–Kier alpha value is -3.30. The number of nitrogens with one attached hydrogen (secondary N) is 1. The number of aliphatic hydroxyl groups is 2. The van der Waals surface area contributed by atoms with Crippen molar-refractivity contribution in [2.45, 2.75) is 68.2 Å². The van der Waals surface area contributed by atoms with Crippen molar-refractivity contribution in [3.05, 3.63) is 48.0 Å². The number of sulfonamides is 1. The maximum Gasteiger partial charge on any atom is 0.321 e. The summed E-state index contributed by atoms with van der Waals surface area (Å²) in [5.41, 5.74) is 0.0123. The number of methoxy groups -OCH3 is 1. The molecule has 40 heavy (non-hydrogen) atoms. The van der Waals surface area contributed by atoms with E-state index in [-0.39, 0.29) is 23.8 Å². The van der Waals surface area contributed by atoms with Gasteiger partial charge < -0.3 is 29.9 Å². The van der Waals surface area contributed by atoms with Gasteiger partial charge in [0.1, 0.15) is 28.1 Å². The average molecular weight is 572 g/mol. The smallest absolute Gasteiger partial charge is 0.321 e. The molecule has 0 bridgehead atoms. The molecule has 0 aromatic heterocycles. The minimum Gasteiger partial charge on any atom is -0.497 e. The Morgan fingerprint density at radius 3 is 2.67 bits per heavy atom. The van der Waals surface area contributed by atoms with Crippen LogP contribution in [0.4, 0.5) is 10.5 Å². The van der Waals surface area contributed by atoms with Gasteiger partial charge in [0.2, 0.25) is 10.0 Å². The molecule has 1 saturated carbocycles. The van der Waals surface area contributed by atoms with Gasteiger partial charge in [0.15, 0.2) is 0 Å². The van der Waals surface area contributed by atoms with Crippen LogP contribution in [-0.4, -0.2) is 85.0 Å². The van der Waals surface area contributed by atoms with E-state index in [1.807, 2.05) is 0 Å². The molecule has 2 aliphatic rings. The van der Waals surface area contributed by atoms with E-state index in [0.29, 0.717) is 29.8 Å². The van der Waals surface area contributed by atoms with Crippen molar-refractivity contribution >= 4 is 21.7 Å². The van der Waals surface area contributed by atoms with E-state index < -0.39 is 39.8 Å². The Morgan fingerprint density at radius 1 is 1.27 bits per heavy atom. The van der Waals surface area contributed by atoms with Crippen molar-refractivity contribution in [2.75, 3.05) is 32.6 Å². The highest BCUT2D eigenvalue weighted by Gasteiger charge is 2.43. The number of benzene rings is 2. The monoisotopic (exact) mass is 571 g/mol. The van der Waals surface area contributed by atoms with Crippen LogP contribution in [0, 0.1) is 11.8 Å². The Kier molecular flexibility index (Phi) is 8.95. The van der Waals surface area contributed by atoms with E-state index in [4.69, 9.17) is 9.47 Å². The summed E-state index contributed by atoms with van der Waals surface area (Å²) in [7, 11) is -0.935. The van der Waals surface area contributed by atoms with Gasteiger partial charge in [-0.2, -0.15) is 4.31 Å².